The highest BCUT2D eigenvalue weighted by molar-refractivity contribution is 5.50. The van der Waals surface area contributed by atoms with E-state index >= 15 is 0 Å². The van der Waals surface area contributed by atoms with Crippen LogP contribution in [0.2, 0.25) is 0 Å². The van der Waals surface area contributed by atoms with Crippen LogP contribution in [0.4, 0.5) is 5.82 Å². The van der Waals surface area contributed by atoms with Crippen molar-refractivity contribution in [3.63, 3.8) is 0 Å². The zero-order valence-corrected chi connectivity index (χ0v) is 10.0. The van der Waals surface area contributed by atoms with Crippen LogP contribution < -0.4 is 10.5 Å². The zero-order chi connectivity index (χ0) is 12.6. The minimum Gasteiger partial charge on any atom is -0.380 e. The van der Waals surface area contributed by atoms with E-state index in [2.05, 4.69) is 9.97 Å². The Labute approximate surface area is 104 Å². The summed E-state index contributed by atoms with van der Waals surface area (Å²) in [5.41, 5.74) is 0.842. The first-order valence-electron chi connectivity index (χ1n) is 6.07. The second-order valence-electron chi connectivity index (χ2n) is 5.10. The maximum absolute atomic E-state index is 11.7. The molecule has 0 radical (unpaired) electrons. The quantitative estimate of drug-likeness (QED) is 0.744. The van der Waals surface area contributed by atoms with E-state index in [4.69, 9.17) is 4.74 Å². The molecule has 0 bridgehead atoms. The Morgan fingerprint density at radius 3 is 2.89 bits per heavy atom. The van der Waals surface area contributed by atoms with Gasteiger partial charge >= 0.3 is 0 Å². The Balaban J connectivity index is 1.74. The van der Waals surface area contributed by atoms with Crippen LogP contribution in [0.15, 0.2) is 11.0 Å². The number of carbonyl (C=O) groups is 1. The average Bonchev–Trinajstić information content (AvgIpc) is 2.26. The molecule has 3 rings (SSSR count). The van der Waals surface area contributed by atoms with Gasteiger partial charge in [-0.25, -0.2) is 4.98 Å². The predicted octanol–water partition coefficient (Wildman–Crippen LogP) is -0.262. The maximum Gasteiger partial charge on any atom is 0.290 e. The number of carbonyl (C=O) groups excluding carboxylic acids is 1. The topological polar surface area (TPSA) is 75.3 Å². The molecule has 18 heavy (non-hydrogen) atoms. The highest BCUT2D eigenvalue weighted by atomic mass is 16.5. The summed E-state index contributed by atoms with van der Waals surface area (Å²) in [5.74, 6) is 0.468. The van der Waals surface area contributed by atoms with E-state index in [0.29, 0.717) is 18.7 Å². The average molecular weight is 249 g/mol. The van der Waals surface area contributed by atoms with Crippen LogP contribution in [0, 0.1) is 5.41 Å². The number of aldehydes is 1. The molecule has 6 heteroatoms. The van der Waals surface area contributed by atoms with E-state index in [0.717, 1.165) is 38.3 Å². The smallest absolute Gasteiger partial charge is 0.290 e. The lowest BCUT2D eigenvalue weighted by Crippen LogP contribution is -2.67. The van der Waals surface area contributed by atoms with Crippen LogP contribution in [0.1, 0.15) is 12.1 Å². The number of aromatic nitrogens is 2. The van der Waals surface area contributed by atoms with Crippen molar-refractivity contribution in [3.8, 4) is 0 Å². The van der Waals surface area contributed by atoms with E-state index in [1.54, 1.807) is 6.20 Å². The summed E-state index contributed by atoms with van der Waals surface area (Å²) in [7, 11) is 0. The molecule has 0 amide bonds. The molecule has 96 valence electrons. The lowest BCUT2D eigenvalue weighted by molar-refractivity contribution is -0.127. The molecule has 1 aromatic heterocycles. The largest absolute Gasteiger partial charge is 0.380 e. The first-order chi connectivity index (χ1) is 8.72. The molecule has 1 N–H and O–H groups in total. The molecule has 0 unspecified atom stereocenters. The number of ether oxygens (including phenoxy) is 1. The molecule has 0 saturated carbocycles. The van der Waals surface area contributed by atoms with Gasteiger partial charge in [0.05, 0.1) is 24.3 Å². The summed E-state index contributed by atoms with van der Waals surface area (Å²) in [5, 5.41) is 0. The molecule has 1 aromatic rings. The van der Waals surface area contributed by atoms with Crippen LogP contribution >= 0.6 is 0 Å². The van der Waals surface area contributed by atoms with Gasteiger partial charge < -0.3 is 19.4 Å². The monoisotopic (exact) mass is 249 g/mol. The van der Waals surface area contributed by atoms with Crippen molar-refractivity contribution in [3.05, 3.63) is 22.2 Å². The van der Waals surface area contributed by atoms with Gasteiger partial charge in [-0.2, -0.15) is 0 Å². The Bertz CT molecular complexity index is 514. The van der Waals surface area contributed by atoms with Crippen molar-refractivity contribution in [2.75, 3.05) is 31.2 Å². The van der Waals surface area contributed by atoms with Gasteiger partial charge in [-0.15, -0.1) is 0 Å². The number of aromatic amines is 1. The summed E-state index contributed by atoms with van der Waals surface area (Å²) >= 11 is 0. The molecule has 2 aliphatic rings. The number of nitrogens with one attached hydrogen (secondary N) is 1. The van der Waals surface area contributed by atoms with Gasteiger partial charge in [0, 0.05) is 25.7 Å². The summed E-state index contributed by atoms with van der Waals surface area (Å²) in [6.45, 7) is 3.24. The molecule has 1 spiro atoms. The number of anilines is 1. The van der Waals surface area contributed by atoms with Crippen molar-refractivity contribution in [1.82, 2.24) is 9.97 Å². The van der Waals surface area contributed by atoms with E-state index in [1.165, 1.54) is 0 Å². The summed E-state index contributed by atoms with van der Waals surface area (Å²) in [4.78, 5) is 31.1. The molecule has 2 aliphatic heterocycles. The number of H-pyrrole nitrogens is 1. The van der Waals surface area contributed by atoms with Gasteiger partial charge in [0.15, 0.2) is 5.82 Å². The molecular weight excluding hydrogens is 234 g/mol. The van der Waals surface area contributed by atoms with E-state index in [9.17, 15) is 9.59 Å². The fourth-order valence-electron chi connectivity index (χ4n) is 2.47. The van der Waals surface area contributed by atoms with Crippen molar-refractivity contribution < 1.29 is 9.53 Å². The fraction of sp³-hybridized carbons (Fsp3) is 0.583. The van der Waals surface area contributed by atoms with Gasteiger partial charge in [-0.1, -0.05) is 0 Å². The predicted molar refractivity (Wildman–Crippen MR) is 64.7 cm³/mol. The number of hydrogen-bond acceptors (Lipinski definition) is 5. The van der Waals surface area contributed by atoms with Gasteiger partial charge in [-0.3, -0.25) is 4.79 Å². The first kappa shape index (κ1) is 11.4. The van der Waals surface area contributed by atoms with Gasteiger partial charge in [0.2, 0.25) is 0 Å². The van der Waals surface area contributed by atoms with Crippen LogP contribution in [0.3, 0.4) is 0 Å². The Morgan fingerprint density at radius 2 is 2.28 bits per heavy atom. The molecular formula is C12H15N3O3. The Morgan fingerprint density at radius 1 is 1.50 bits per heavy atom. The van der Waals surface area contributed by atoms with Crippen molar-refractivity contribution in [2.45, 2.75) is 12.8 Å². The molecule has 0 aliphatic carbocycles. The molecule has 0 aromatic carbocycles. The van der Waals surface area contributed by atoms with Crippen LogP contribution in [0.25, 0.3) is 0 Å². The summed E-state index contributed by atoms with van der Waals surface area (Å²) < 4.78 is 5.20. The van der Waals surface area contributed by atoms with Gasteiger partial charge in [0.25, 0.3) is 5.56 Å². The Hall–Kier alpha value is -1.69. The van der Waals surface area contributed by atoms with Crippen LogP contribution in [-0.2, 0) is 16.0 Å². The van der Waals surface area contributed by atoms with Crippen molar-refractivity contribution in [1.29, 1.82) is 0 Å². The standard InChI is InChI=1S/C12H15N3O3/c16-3-1-2-9-4-13-11(17)10(14-9)15-5-12(6-15)7-18-8-12/h3-4H,1-2,5-8H2,(H,13,17). The minimum absolute atomic E-state index is 0.167. The third kappa shape index (κ3) is 1.82. The first-order valence-corrected chi connectivity index (χ1v) is 6.07. The lowest BCUT2D eigenvalue weighted by atomic mass is 9.78. The normalized spacial score (nSPS) is 20.3. The minimum atomic E-state index is -0.167. The molecule has 3 heterocycles. The second kappa shape index (κ2) is 4.20. The molecule has 0 atom stereocenters. The summed E-state index contributed by atoms with van der Waals surface area (Å²) in [6, 6.07) is 0. The van der Waals surface area contributed by atoms with E-state index < -0.39 is 0 Å². The highest BCUT2D eigenvalue weighted by Gasteiger charge is 2.50. The third-order valence-corrected chi connectivity index (χ3v) is 3.51. The van der Waals surface area contributed by atoms with E-state index in [1.807, 2.05) is 4.90 Å². The number of nitrogens with zero attached hydrogens (tertiary/aromatic N) is 2. The fourth-order valence-corrected chi connectivity index (χ4v) is 2.47. The zero-order valence-electron chi connectivity index (χ0n) is 10.0. The molecule has 2 fully saturated rings. The maximum atomic E-state index is 11.7. The van der Waals surface area contributed by atoms with Crippen molar-refractivity contribution in [2.24, 2.45) is 5.41 Å². The number of aryl methyl sites for hydroxylation is 1. The second-order valence-corrected chi connectivity index (χ2v) is 5.10. The number of rotatable bonds is 4. The SMILES string of the molecule is O=CCCc1c[nH]c(=O)c(N2CC3(COC3)C2)n1. The van der Waals surface area contributed by atoms with Gasteiger partial charge in [0.1, 0.15) is 6.29 Å². The summed E-state index contributed by atoms with van der Waals surface area (Å²) in [6.07, 6.45) is 3.43. The van der Waals surface area contributed by atoms with Crippen LogP contribution in [0.5, 0.6) is 0 Å². The highest BCUT2D eigenvalue weighted by Crippen LogP contribution is 2.38. The van der Waals surface area contributed by atoms with Crippen LogP contribution in [-0.4, -0.2) is 42.6 Å². The molecule has 2 saturated heterocycles. The third-order valence-electron chi connectivity index (χ3n) is 3.51. The van der Waals surface area contributed by atoms with Gasteiger partial charge in [-0.05, 0) is 6.42 Å². The number of hydrogen-bond donors (Lipinski definition) is 1. The molecule has 6 nitrogen and oxygen atoms in total. The Kier molecular flexibility index (Phi) is 2.66. The lowest BCUT2D eigenvalue weighted by Gasteiger charge is -2.55. The van der Waals surface area contributed by atoms with E-state index in [-0.39, 0.29) is 11.0 Å². The van der Waals surface area contributed by atoms with Crippen molar-refractivity contribution >= 4 is 12.1 Å².